The average molecular weight is 353 g/mol. The van der Waals surface area contributed by atoms with E-state index in [-0.39, 0.29) is 21.8 Å². The fraction of sp³-hybridized carbons (Fsp3) is 0.364. The van der Waals surface area contributed by atoms with E-state index in [0.717, 1.165) is 6.54 Å². The highest BCUT2D eigenvalue weighted by Gasteiger charge is 2.24. The van der Waals surface area contributed by atoms with Crippen LogP contribution >= 0.6 is 39.1 Å². The molecule has 1 aromatic rings. The van der Waals surface area contributed by atoms with Gasteiger partial charge in [0, 0.05) is 17.9 Å². The molecule has 1 saturated heterocycles. The summed E-state index contributed by atoms with van der Waals surface area (Å²) in [6, 6.07) is 5.14. The lowest BCUT2D eigenvalue weighted by molar-refractivity contribution is 0.0950. The van der Waals surface area contributed by atoms with Crippen molar-refractivity contribution >= 4 is 45.0 Å². The maximum Gasteiger partial charge on any atom is 0.252 e. The van der Waals surface area contributed by atoms with Gasteiger partial charge in [0.1, 0.15) is 0 Å². The van der Waals surface area contributed by atoms with Crippen molar-refractivity contribution in [1.82, 2.24) is 16.2 Å². The molecule has 3 N–H and O–H groups in total. The molecule has 1 aromatic carbocycles. The fourth-order valence-electron chi connectivity index (χ4n) is 1.68. The molecular formula is C11H12BrCl2N3O. The normalized spacial score (nSPS) is 23.1. The van der Waals surface area contributed by atoms with Crippen LogP contribution in [0.3, 0.4) is 0 Å². The van der Waals surface area contributed by atoms with Crippen LogP contribution in [0.1, 0.15) is 10.4 Å². The van der Waals surface area contributed by atoms with Gasteiger partial charge in [0.2, 0.25) is 0 Å². The van der Waals surface area contributed by atoms with Crippen LogP contribution in [0, 0.1) is 0 Å². The highest BCUT2D eigenvalue weighted by Crippen LogP contribution is 2.25. The van der Waals surface area contributed by atoms with Gasteiger partial charge in [-0.15, -0.1) is 0 Å². The predicted molar refractivity (Wildman–Crippen MR) is 76.4 cm³/mol. The van der Waals surface area contributed by atoms with Gasteiger partial charge in [-0.1, -0.05) is 45.2 Å². The van der Waals surface area contributed by atoms with E-state index >= 15 is 0 Å². The first-order chi connectivity index (χ1) is 8.59. The van der Waals surface area contributed by atoms with Gasteiger partial charge in [0.15, 0.2) is 0 Å². The fourth-order valence-corrected chi connectivity index (χ4v) is 2.54. The second-order valence-electron chi connectivity index (χ2n) is 3.96. The largest absolute Gasteiger partial charge is 0.350 e. The summed E-state index contributed by atoms with van der Waals surface area (Å²) in [6.45, 7) is 1.32. The second-order valence-corrected chi connectivity index (χ2v) is 5.92. The monoisotopic (exact) mass is 351 g/mol. The van der Waals surface area contributed by atoms with Crippen LogP contribution in [0.25, 0.3) is 0 Å². The predicted octanol–water partition coefficient (Wildman–Crippen LogP) is 1.96. The minimum atomic E-state index is -0.226. The van der Waals surface area contributed by atoms with Gasteiger partial charge in [0.05, 0.1) is 21.7 Å². The van der Waals surface area contributed by atoms with Crippen molar-refractivity contribution in [3.05, 3.63) is 33.8 Å². The summed E-state index contributed by atoms with van der Waals surface area (Å²) in [6.07, 6.45) is 0. The summed E-state index contributed by atoms with van der Waals surface area (Å²) in [7, 11) is 0. The standard InChI is InChI=1S/C11H12BrCl2N3O/c12-7-4-16-17-9(7)5-15-11(18)6-2-1-3-8(13)10(6)14/h1-3,7,9,16-17H,4-5H2,(H,15,18). The Morgan fingerprint density at radius 2 is 2.28 bits per heavy atom. The average Bonchev–Trinajstić information content (AvgIpc) is 2.75. The molecule has 18 heavy (non-hydrogen) atoms. The van der Waals surface area contributed by atoms with Crippen molar-refractivity contribution in [2.75, 3.05) is 13.1 Å². The molecule has 0 aromatic heterocycles. The maximum atomic E-state index is 12.0. The first-order valence-electron chi connectivity index (χ1n) is 5.44. The topological polar surface area (TPSA) is 53.2 Å². The minimum absolute atomic E-state index is 0.145. The van der Waals surface area contributed by atoms with Gasteiger partial charge in [-0.3, -0.25) is 15.6 Å². The summed E-state index contributed by atoms with van der Waals surface area (Å²) in [5.74, 6) is -0.226. The molecule has 4 nitrogen and oxygen atoms in total. The molecule has 2 atom stereocenters. The Balaban J connectivity index is 1.97. The number of carbonyl (C=O) groups is 1. The lowest BCUT2D eigenvalue weighted by Gasteiger charge is -2.14. The van der Waals surface area contributed by atoms with Crippen LogP contribution in [-0.2, 0) is 0 Å². The van der Waals surface area contributed by atoms with Crippen LogP contribution in [0.15, 0.2) is 18.2 Å². The van der Waals surface area contributed by atoms with E-state index < -0.39 is 0 Å². The lowest BCUT2D eigenvalue weighted by atomic mass is 10.2. The number of hydrogen-bond acceptors (Lipinski definition) is 3. The Bertz CT molecular complexity index is 458. The molecule has 1 aliphatic heterocycles. The van der Waals surface area contributed by atoms with Gasteiger partial charge >= 0.3 is 0 Å². The molecule has 0 saturated carbocycles. The third-order valence-corrected chi connectivity index (χ3v) is 4.48. The number of nitrogens with one attached hydrogen (secondary N) is 3. The third kappa shape index (κ3) is 3.16. The van der Waals surface area contributed by atoms with Gasteiger partial charge in [-0.25, -0.2) is 0 Å². The number of halogens is 3. The van der Waals surface area contributed by atoms with Crippen LogP contribution in [0.4, 0.5) is 0 Å². The second kappa shape index (κ2) is 6.21. The molecule has 98 valence electrons. The number of rotatable bonds is 3. The minimum Gasteiger partial charge on any atom is -0.350 e. The Kier molecular flexibility index (Phi) is 4.86. The first kappa shape index (κ1) is 14.1. The summed E-state index contributed by atoms with van der Waals surface area (Å²) in [5, 5.41) is 3.48. The number of benzene rings is 1. The van der Waals surface area contributed by atoms with E-state index in [9.17, 15) is 4.79 Å². The van der Waals surface area contributed by atoms with Crippen LogP contribution < -0.4 is 16.2 Å². The smallest absolute Gasteiger partial charge is 0.252 e. The Morgan fingerprint density at radius 3 is 2.94 bits per heavy atom. The lowest BCUT2D eigenvalue weighted by Crippen LogP contribution is -2.42. The van der Waals surface area contributed by atoms with Gasteiger partial charge in [-0.2, -0.15) is 0 Å². The highest BCUT2D eigenvalue weighted by molar-refractivity contribution is 9.09. The summed E-state index contributed by atoms with van der Waals surface area (Å²) >= 11 is 15.4. The Morgan fingerprint density at radius 1 is 1.50 bits per heavy atom. The zero-order chi connectivity index (χ0) is 13.1. The van der Waals surface area contributed by atoms with E-state index in [2.05, 4.69) is 32.1 Å². The van der Waals surface area contributed by atoms with Crippen molar-refractivity contribution < 1.29 is 4.79 Å². The highest BCUT2D eigenvalue weighted by atomic mass is 79.9. The molecule has 1 aliphatic rings. The van der Waals surface area contributed by atoms with E-state index in [0.29, 0.717) is 17.1 Å². The van der Waals surface area contributed by atoms with E-state index in [4.69, 9.17) is 23.2 Å². The zero-order valence-electron chi connectivity index (χ0n) is 9.34. The number of hydrazine groups is 1. The van der Waals surface area contributed by atoms with Crippen LogP contribution in [0.5, 0.6) is 0 Å². The number of alkyl halides is 1. The molecule has 2 unspecified atom stereocenters. The molecule has 1 amide bonds. The van der Waals surface area contributed by atoms with Crippen molar-refractivity contribution in [2.45, 2.75) is 10.9 Å². The Hall–Kier alpha value is -0.330. The van der Waals surface area contributed by atoms with Gasteiger partial charge in [-0.05, 0) is 12.1 Å². The number of hydrogen-bond donors (Lipinski definition) is 3. The van der Waals surface area contributed by atoms with Gasteiger partial charge in [0.25, 0.3) is 5.91 Å². The number of carbonyl (C=O) groups excluding carboxylic acids is 1. The summed E-state index contributed by atoms with van der Waals surface area (Å²) in [5.41, 5.74) is 6.47. The molecule has 0 spiro atoms. The maximum absolute atomic E-state index is 12.0. The quantitative estimate of drug-likeness (QED) is 0.729. The van der Waals surface area contributed by atoms with E-state index in [1.807, 2.05) is 0 Å². The molecule has 0 bridgehead atoms. The molecular weight excluding hydrogens is 341 g/mol. The van der Waals surface area contributed by atoms with Gasteiger partial charge < -0.3 is 5.32 Å². The summed E-state index contributed by atoms with van der Waals surface area (Å²) < 4.78 is 0. The first-order valence-corrected chi connectivity index (χ1v) is 7.11. The molecule has 7 heteroatoms. The van der Waals surface area contributed by atoms with E-state index in [1.54, 1.807) is 18.2 Å². The van der Waals surface area contributed by atoms with Crippen molar-refractivity contribution in [3.63, 3.8) is 0 Å². The molecule has 0 radical (unpaired) electrons. The summed E-state index contributed by atoms with van der Waals surface area (Å²) in [4.78, 5) is 12.2. The van der Waals surface area contributed by atoms with Crippen LogP contribution in [0.2, 0.25) is 10.0 Å². The molecule has 1 fully saturated rings. The molecule has 2 rings (SSSR count). The number of amides is 1. The Labute approximate surface area is 124 Å². The van der Waals surface area contributed by atoms with Crippen molar-refractivity contribution in [1.29, 1.82) is 0 Å². The van der Waals surface area contributed by atoms with E-state index in [1.165, 1.54) is 0 Å². The van der Waals surface area contributed by atoms with Crippen molar-refractivity contribution in [3.8, 4) is 0 Å². The molecule has 0 aliphatic carbocycles. The molecule has 1 heterocycles. The van der Waals surface area contributed by atoms with Crippen molar-refractivity contribution in [2.24, 2.45) is 0 Å². The zero-order valence-corrected chi connectivity index (χ0v) is 12.4. The third-order valence-electron chi connectivity index (χ3n) is 2.70. The SMILES string of the molecule is O=C(NCC1NNCC1Br)c1cccc(Cl)c1Cl. The van der Waals surface area contributed by atoms with Crippen LogP contribution in [-0.4, -0.2) is 29.9 Å².